The molecule has 1 aromatic carbocycles. The van der Waals surface area contributed by atoms with Crippen molar-refractivity contribution >= 4 is 49.4 Å². The smallest absolute Gasteiger partial charge is 0.237 e. The molecule has 0 radical (unpaired) electrons. The molecule has 0 bridgehead atoms. The summed E-state index contributed by atoms with van der Waals surface area (Å²) in [6, 6.07) is 9.19. The zero-order valence-corrected chi connectivity index (χ0v) is 13.3. The van der Waals surface area contributed by atoms with E-state index in [1.54, 1.807) is 0 Å². The number of carbonyl (C=O) groups is 2. The summed E-state index contributed by atoms with van der Waals surface area (Å²) in [5.74, 6) is -0.452. The molecule has 1 saturated heterocycles. The first-order valence-corrected chi connectivity index (χ1v) is 8.13. The number of anilines is 1. The molecule has 4 atom stereocenters. The molecule has 100 valence electrons. The molecule has 0 N–H and O–H groups in total. The van der Waals surface area contributed by atoms with Gasteiger partial charge in [-0.25, -0.2) is 0 Å². The number of nitrogens with zero attached hydrogens (tertiary/aromatic N) is 1. The van der Waals surface area contributed by atoms with Crippen LogP contribution >= 0.6 is 31.9 Å². The quantitative estimate of drug-likeness (QED) is 0.549. The van der Waals surface area contributed by atoms with Gasteiger partial charge in [0, 0.05) is 9.65 Å². The summed E-state index contributed by atoms with van der Waals surface area (Å²) in [7, 11) is 0. The van der Waals surface area contributed by atoms with Gasteiger partial charge in [-0.05, 0) is 25.0 Å². The molecule has 2 fully saturated rings. The van der Waals surface area contributed by atoms with Crippen molar-refractivity contribution < 1.29 is 9.59 Å². The van der Waals surface area contributed by atoms with Gasteiger partial charge >= 0.3 is 0 Å². The van der Waals surface area contributed by atoms with Crippen molar-refractivity contribution in [3.05, 3.63) is 30.3 Å². The first kappa shape index (κ1) is 13.3. The average Bonchev–Trinajstić information content (AvgIpc) is 2.64. The normalized spacial score (nSPS) is 34.5. The van der Waals surface area contributed by atoms with Gasteiger partial charge in [-0.3, -0.25) is 14.5 Å². The van der Waals surface area contributed by atoms with Crippen LogP contribution in [0, 0.1) is 11.8 Å². The maximum Gasteiger partial charge on any atom is 0.237 e. The molecule has 0 aromatic heterocycles. The Kier molecular flexibility index (Phi) is 3.52. The standard InChI is InChI=1S/C14H13Br2NO2/c15-11-6-9-10(7-12(11)16)14(19)17(13(9)18)8-4-2-1-3-5-8/h1-5,9-12H,6-7H2. The number of amides is 2. The van der Waals surface area contributed by atoms with Crippen LogP contribution in [0.4, 0.5) is 5.69 Å². The Bertz CT molecular complexity index is 491. The van der Waals surface area contributed by atoms with Crippen molar-refractivity contribution in [1.29, 1.82) is 0 Å². The lowest BCUT2D eigenvalue weighted by molar-refractivity contribution is -0.122. The minimum absolute atomic E-state index is 0.0509. The van der Waals surface area contributed by atoms with Crippen molar-refractivity contribution in [3.63, 3.8) is 0 Å². The minimum Gasteiger partial charge on any atom is -0.274 e. The molecular weight excluding hydrogens is 374 g/mol. The van der Waals surface area contributed by atoms with E-state index in [1.807, 2.05) is 30.3 Å². The van der Waals surface area contributed by atoms with Crippen LogP contribution in [-0.2, 0) is 9.59 Å². The van der Waals surface area contributed by atoms with Crippen molar-refractivity contribution in [1.82, 2.24) is 0 Å². The zero-order chi connectivity index (χ0) is 13.6. The van der Waals surface area contributed by atoms with Crippen LogP contribution in [0.3, 0.4) is 0 Å². The summed E-state index contributed by atoms with van der Waals surface area (Å²) in [6.45, 7) is 0. The van der Waals surface area contributed by atoms with Crippen LogP contribution in [0.5, 0.6) is 0 Å². The lowest BCUT2D eigenvalue weighted by Gasteiger charge is -2.29. The van der Waals surface area contributed by atoms with Gasteiger partial charge in [0.1, 0.15) is 0 Å². The molecular formula is C14H13Br2NO2. The van der Waals surface area contributed by atoms with Gasteiger partial charge in [0.2, 0.25) is 11.8 Å². The van der Waals surface area contributed by atoms with Crippen LogP contribution in [0.15, 0.2) is 30.3 Å². The molecule has 1 aromatic rings. The largest absolute Gasteiger partial charge is 0.274 e. The zero-order valence-electron chi connectivity index (χ0n) is 10.1. The molecule has 19 heavy (non-hydrogen) atoms. The monoisotopic (exact) mass is 385 g/mol. The molecule has 3 rings (SSSR count). The van der Waals surface area contributed by atoms with E-state index in [4.69, 9.17) is 0 Å². The summed E-state index contributed by atoms with van der Waals surface area (Å²) < 4.78 is 0. The molecule has 4 unspecified atom stereocenters. The third-order valence-electron chi connectivity index (χ3n) is 3.93. The molecule has 0 spiro atoms. The summed E-state index contributed by atoms with van der Waals surface area (Å²) in [4.78, 5) is 26.8. The van der Waals surface area contributed by atoms with E-state index in [0.29, 0.717) is 18.5 Å². The predicted molar refractivity (Wildman–Crippen MR) is 80.6 cm³/mol. The Morgan fingerprint density at radius 1 is 0.895 bits per heavy atom. The first-order chi connectivity index (χ1) is 9.09. The van der Waals surface area contributed by atoms with Crippen molar-refractivity contribution in [2.24, 2.45) is 11.8 Å². The highest BCUT2D eigenvalue weighted by Crippen LogP contribution is 2.44. The molecule has 5 heteroatoms. The highest BCUT2D eigenvalue weighted by molar-refractivity contribution is 9.12. The van der Waals surface area contributed by atoms with Gasteiger partial charge in [-0.1, -0.05) is 50.1 Å². The number of carbonyl (C=O) groups excluding carboxylic acids is 2. The Labute approximate surface area is 128 Å². The van der Waals surface area contributed by atoms with E-state index >= 15 is 0 Å². The summed E-state index contributed by atoms with van der Waals surface area (Å²) >= 11 is 7.17. The molecule has 1 heterocycles. The van der Waals surface area contributed by atoms with Crippen LogP contribution in [0.1, 0.15) is 12.8 Å². The second kappa shape index (κ2) is 5.02. The Balaban J connectivity index is 1.94. The van der Waals surface area contributed by atoms with Gasteiger partial charge in [0.25, 0.3) is 0 Å². The fraction of sp³-hybridized carbons (Fsp3) is 0.429. The number of alkyl halides is 2. The number of para-hydroxylation sites is 1. The lowest BCUT2D eigenvalue weighted by atomic mass is 9.81. The molecule has 1 aliphatic carbocycles. The highest BCUT2D eigenvalue weighted by Gasteiger charge is 2.52. The van der Waals surface area contributed by atoms with E-state index in [-0.39, 0.29) is 33.3 Å². The van der Waals surface area contributed by atoms with E-state index in [2.05, 4.69) is 31.9 Å². The van der Waals surface area contributed by atoms with Gasteiger partial charge in [-0.2, -0.15) is 0 Å². The predicted octanol–water partition coefficient (Wildman–Crippen LogP) is 3.11. The number of hydrogen-bond donors (Lipinski definition) is 0. The van der Waals surface area contributed by atoms with Crippen molar-refractivity contribution in [2.45, 2.75) is 22.5 Å². The topological polar surface area (TPSA) is 37.4 Å². The van der Waals surface area contributed by atoms with E-state index < -0.39 is 0 Å². The van der Waals surface area contributed by atoms with Crippen LogP contribution in [0.25, 0.3) is 0 Å². The minimum atomic E-state index is -0.175. The number of hydrogen-bond acceptors (Lipinski definition) is 2. The van der Waals surface area contributed by atoms with Crippen molar-refractivity contribution in [2.75, 3.05) is 4.90 Å². The second-order valence-electron chi connectivity index (χ2n) is 5.06. The van der Waals surface area contributed by atoms with Gasteiger partial charge < -0.3 is 0 Å². The molecule has 1 aliphatic heterocycles. The number of imide groups is 1. The Hall–Kier alpha value is -0.680. The average molecular weight is 387 g/mol. The van der Waals surface area contributed by atoms with E-state index in [9.17, 15) is 9.59 Å². The number of fused-ring (bicyclic) bond motifs is 1. The fourth-order valence-electron chi connectivity index (χ4n) is 2.93. The third-order valence-corrected chi connectivity index (χ3v) is 6.66. The molecule has 2 amide bonds. The summed E-state index contributed by atoms with van der Waals surface area (Å²) in [5, 5.41) is 0. The number of benzene rings is 1. The Morgan fingerprint density at radius 2 is 1.37 bits per heavy atom. The molecule has 2 aliphatic rings. The highest BCUT2D eigenvalue weighted by atomic mass is 79.9. The van der Waals surface area contributed by atoms with E-state index in [1.165, 1.54) is 4.90 Å². The molecule has 3 nitrogen and oxygen atoms in total. The van der Waals surface area contributed by atoms with Gasteiger partial charge in [0.15, 0.2) is 0 Å². The fourth-order valence-corrected chi connectivity index (χ4v) is 4.16. The molecule has 1 saturated carbocycles. The van der Waals surface area contributed by atoms with Gasteiger partial charge in [-0.15, -0.1) is 0 Å². The summed E-state index contributed by atoms with van der Waals surface area (Å²) in [6.07, 6.45) is 1.43. The van der Waals surface area contributed by atoms with Crippen LogP contribution < -0.4 is 4.90 Å². The lowest BCUT2D eigenvalue weighted by Crippen LogP contribution is -2.34. The maximum atomic E-state index is 12.5. The van der Waals surface area contributed by atoms with Crippen molar-refractivity contribution in [3.8, 4) is 0 Å². The third kappa shape index (κ3) is 2.17. The Morgan fingerprint density at radius 3 is 1.84 bits per heavy atom. The SMILES string of the molecule is O=C1C2CC(Br)C(Br)CC2C(=O)N1c1ccccc1. The number of halogens is 2. The second-order valence-corrected chi connectivity index (χ2v) is 7.42. The summed E-state index contributed by atoms with van der Waals surface area (Å²) in [5.41, 5.74) is 0.684. The van der Waals surface area contributed by atoms with E-state index in [0.717, 1.165) is 0 Å². The first-order valence-electron chi connectivity index (χ1n) is 6.30. The van der Waals surface area contributed by atoms with Gasteiger partial charge in [0.05, 0.1) is 17.5 Å². The van der Waals surface area contributed by atoms with Crippen LogP contribution in [0.2, 0.25) is 0 Å². The maximum absolute atomic E-state index is 12.5. The number of rotatable bonds is 1. The van der Waals surface area contributed by atoms with Crippen LogP contribution in [-0.4, -0.2) is 21.5 Å².